The number of benzene rings is 1. The third-order valence-electron chi connectivity index (χ3n) is 3.07. The Morgan fingerprint density at radius 2 is 1.95 bits per heavy atom. The number of nitrogens with one attached hydrogen (secondary N) is 1. The Bertz CT molecular complexity index is 492. The molecular formula is C15H21FN2O3. The predicted molar refractivity (Wildman–Crippen MR) is 77.0 cm³/mol. The number of halogens is 1. The minimum atomic E-state index is -0.398. The van der Waals surface area contributed by atoms with Gasteiger partial charge in [0.05, 0.1) is 20.2 Å². The Labute approximate surface area is 124 Å². The summed E-state index contributed by atoms with van der Waals surface area (Å²) in [5, 5.41) is 2.64. The van der Waals surface area contributed by atoms with Gasteiger partial charge in [-0.25, -0.2) is 4.39 Å². The van der Waals surface area contributed by atoms with Gasteiger partial charge >= 0.3 is 5.97 Å². The number of hydrogen-bond donors (Lipinski definition) is 1. The fourth-order valence-corrected chi connectivity index (χ4v) is 1.73. The molecule has 0 aliphatic heterocycles. The highest BCUT2D eigenvalue weighted by atomic mass is 19.1. The summed E-state index contributed by atoms with van der Waals surface area (Å²) in [5.41, 5.74) is 0.426. The van der Waals surface area contributed by atoms with Gasteiger partial charge < -0.3 is 10.1 Å². The average molecular weight is 296 g/mol. The number of amides is 1. The summed E-state index contributed by atoms with van der Waals surface area (Å²) in [5.74, 6) is -1.02. The van der Waals surface area contributed by atoms with Crippen molar-refractivity contribution in [2.45, 2.75) is 26.4 Å². The van der Waals surface area contributed by atoms with Gasteiger partial charge in [-0.1, -0.05) is 18.2 Å². The van der Waals surface area contributed by atoms with Crippen molar-refractivity contribution in [3.05, 3.63) is 35.6 Å². The second-order valence-electron chi connectivity index (χ2n) is 4.94. The lowest BCUT2D eigenvalue weighted by Crippen LogP contribution is -2.43. The van der Waals surface area contributed by atoms with Crippen LogP contribution in [0.1, 0.15) is 19.4 Å². The van der Waals surface area contributed by atoms with Gasteiger partial charge in [-0.3, -0.25) is 14.5 Å². The molecule has 0 fully saturated rings. The molecule has 0 saturated carbocycles. The summed E-state index contributed by atoms with van der Waals surface area (Å²) in [6, 6.07) is 6.28. The first-order valence-corrected chi connectivity index (χ1v) is 6.75. The van der Waals surface area contributed by atoms with E-state index in [1.807, 2.05) is 13.8 Å². The Morgan fingerprint density at radius 1 is 1.29 bits per heavy atom. The minimum Gasteiger partial charge on any atom is -0.468 e. The number of ether oxygens (including phenoxy) is 1. The lowest BCUT2D eigenvalue weighted by Gasteiger charge is -2.24. The van der Waals surface area contributed by atoms with E-state index in [4.69, 9.17) is 0 Å². The Morgan fingerprint density at radius 3 is 2.52 bits per heavy atom. The molecule has 116 valence electrons. The molecular weight excluding hydrogens is 275 g/mol. The van der Waals surface area contributed by atoms with Crippen LogP contribution < -0.4 is 5.32 Å². The molecule has 0 aliphatic rings. The van der Waals surface area contributed by atoms with Gasteiger partial charge in [0.15, 0.2) is 0 Å². The molecule has 0 radical (unpaired) electrons. The van der Waals surface area contributed by atoms with E-state index >= 15 is 0 Å². The van der Waals surface area contributed by atoms with Crippen molar-refractivity contribution in [2.24, 2.45) is 0 Å². The first-order chi connectivity index (χ1) is 9.93. The van der Waals surface area contributed by atoms with Crippen LogP contribution in [0.4, 0.5) is 4.39 Å². The third kappa shape index (κ3) is 5.91. The molecule has 0 aliphatic carbocycles. The first-order valence-electron chi connectivity index (χ1n) is 6.75. The van der Waals surface area contributed by atoms with Gasteiger partial charge in [0.25, 0.3) is 0 Å². The fraction of sp³-hybridized carbons (Fsp3) is 0.467. The molecule has 0 atom stereocenters. The molecule has 1 rings (SSSR count). The van der Waals surface area contributed by atoms with Crippen LogP contribution in [0.25, 0.3) is 0 Å². The molecule has 0 saturated heterocycles. The van der Waals surface area contributed by atoms with Gasteiger partial charge in [-0.15, -0.1) is 0 Å². The molecule has 1 amide bonds. The smallest absolute Gasteiger partial charge is 0.319 e. The average Bonchev–Trinajstić information content (AvgIpc) is 2.45. The molecule has 1 aromatic carbocycles. The molecule has 1 N–H and O–H groups in total. The molecule has 0 aromatic heterocycles. The largest absolute Gasteiger partial charge is 0.468 e. The van der Waals surface area contributed by atoms with Crippen molar-refractivity contribution in [1.29, 1.82) is 0 Å². The van der Waals surface area contributed by atoms with Crippen LogP contribution in [-0.4, -0.2) is 43.0 Å². The van der Waals surface area contributed by atoms with Gasteiger partial charge in [-0.2, -0.15) is 0 Å². The maximum atomic E-state index is 13.4. The quantitative estimate of drug-likeness (QED) is 0.771. The van der Waals surface area contributed by atoms with Crippen molar-refractivity contribution < 1.29 is 18.7 Å². The van der Waals surface area contributed by atoms with Crippen molar-refractivity contribution in [2.75, 3.05) is 20.2 Å². The number of methoxy groups -OCH3 is 1. The zero-order chi connectivity index (χ0) is 15.8. The number of nitrogens with zero attached hydrogens (tertiary/aromatic N) is 1. The van der Waals surface area contributed by atoms with Crippen LogP contribution in [-0.2, 0) is 20.9 Å². The molecule has 0 spiro atoms. The second-order valence-corrected chi connectivity index (χ2v) is 4.94. The third-order valence-corrected chi connectivity index (χ3v) is 3.07. The number of hydrogen-bond acceptors (Lipinski definition) is 4. The standard InChI is InChI=1S/C15H21FN2O3/c1-11(2)18(10-15(20)21-3)9-14(19)17-8-12-6-4-5-7-13(12)16/h4-7,11H,8-10H2,1-3H3,(H,17,19). The molecule has 5 nitrogen and oxygen atoms in total. The summed E-state index contributed by atoms with van der Waals surface area (Å²) in [4.78, 5) is 24.9. The van der Waals surface area contributed by atoms with Crippen LogP contribution in [0.2, 0.25) is 0 Å². The predicted octanol–water partition coefficient (Wildman–Crippen LogP) is 1.33. The summed E-state index contributed by atoms with van der Waals surface area (Å²) in [6.45, 7) is 3.98. The second kappa shape index (κ2) is 8.36. The highest BCUT2D eigenvalue weighted by molar-refractivity contribution is 5.79. The highest BCUT2D eigenvalue weighted by Crippen LogP contribution is 2.05. The summed E-state index contributed by atoms with van der Waals surface area (Å²) >= 11 is 0. The van der Waals surface area contributed by atoms with E-state index in [-0.39, 0.29) is 37.4 Å². The van der Waals surface area contributed by atoms with E-state index < -0.39 is 5.97 Å². The summed E-state index contributed by atoms with van der Waals surface area (Å²) in [7, 11) is 1.30. The van der Waals surface area contributed by atoms with E-state index in [9.17, 15) is 14.0 Å². The molecule has 0 heterocycles. The van der Waals surface area contributed by atoms with Crippen LogP contribution in [0.15, 0.2) is 24.3 Å². The van der Waals surface area contributed by atoms with E-state index in [0.717, 1.165) is 0 Å². The number of rotatable bonds is 7. The lowest BCUT2D eigenvalue weighted by molar-refractivity contribution is -0.142. The lowest BCUT2D eigenvalue weighted by atomic mass is 10.2. The van der Waals surface area contributed by atoms with E-state index in [2.05, 4.69) is 10.1 Å². The fourth-order valence-electron chi connectivity index (χ4n) is 1.73. The van der Waals surface area contributed by atoms with E-state index in [1.165, 1.54) is 13.2 Å². The van der Waals surface area contributed by atoms with Crippen LogP contribution >= 0.6 is 0 Å². The van der Waals surface area contributed by atoms with Gasteiger partial charge in [0.1, 0.15) is 5.82 Å². The maximum absolute atomic E-state index is 13.4. The zero-order valence-corrected chi connectivity index (χ0v) is 12.6. The van der Waals surface area contributed by atoms with Crippen LogP contribution in [0, 0.1) is 5.82 Å². The van der Waals surface area contributed by atoms with Crippen LogP contribution in [0.5, 0.6) is 0 Å². The molecule has 0 bridgehead atoms. The van der Waals surface area contributed by atoms with Gasteiger partial charge in [0.2, 0.25) is 5.91 Å². The molecule has 6 heteroatoms. The normalized spacial score (nSPS) is 10.8. The van der Waals surface area contributed by atoms with Gasteiger partial charge in [0, 0.05) is 18.2 Å². The maximum Gasteiger partial charge on any atom is 0.319 e. The molecule has 21 heavy (non-hydrogen) atoms. The Hall–Kier alpha value is -1.95. The zero-order valence-electron chi connectivity index (χ0n) is 12.6. The summed E-state index contributed by atoms with van der Waals surface area (Å²) in [6.07, 6.45) is 0. The van der Waals surface area contributed by atoms with E-state index in [0.29, 0.717) is 5.56 Å². The number of esters is 1. The van der Waals surface area contributed by atoms with Crippen molar-refractivity contribution in [3.63, 3.8) is 0 Å². The monoisotopic (exact) mass is 296 g/mol. The highest BCUT2D eigenvalue weighted by Gasteiger charge is 2.17. The molecule has 1 aromatic rings. The van der Waals surface area contributed by atoms with Crippen molar-refractivity contribution >= 4 is 11.9 Å². The van der Waals surface area contributed by atoms with Crippen molar-refractivity contribution in [3.8, 4) is 0 Å². The Balaban J connectivity index is 2.51. The Kier molecular flexibility index (Phi) is 6.81. The number of carbonyl (C=O) groups is 2. The first kappa shape index (κ1) is 17.1. The van der Waals surface area contributed by atoms with E-state index in [1.54, 1.807) is 23.1 Å². The van der Waals surface area contributed by atoms with Gasteiger partial charge in [-0.05, 0) is 19.9 Å². The molecule has 0 unspecified atom stereocenters. The number of carbonyl (C=O) groups excluding carboxylic acids is 2. The minimum absolute atomic E-state index is 0.0170. The van der Waals surface area contributed by atoms with Crippen molar-refractivity contribution in [1.82, 2.24) is 10.2 Å². The SMILES string of the molecule is COC(=O)CN(CC(=O)NCc1ccccc1F)C(C)C. The topological polar surface area (TPSA) is 58.6 Å². The summed E-state index contributed by atoms with van der Waals surface area (Å²) < 4.78 is 18.0. The van der Waals surface area contributed by atoms with Crippen LogP contribution in [0.3, 0.4) is 0 Å².